The Bertz CT molecular complexity index is 485. The van der Waals surface area contributed by atoms with Gasteiger partial charge in [0.1, 0.15) is 11.6 Å². The van der Waals surface area contributed by atoms with Gasteiger partial charge in [-0.2, -0.15) is 0 Å². The Kier molecular flexibility index (Phi) is 2.32. The summed E-state index contributed by atoms with van der Waals surface area (Å²) < 4.78 is 27.4. The first-order valence-electron chi connectivity index (χ1n) is 6.06. The van der Waals surface area contributed by atoms with Crippen LogP contribution in [0.1, 0.15) is 35.2 Å². The molecule has 1 aromatic carbocycles. The van der Waals surface area contributed by atoms with Crippen molar-refractivity contribution in [3.63, 3.8) is 0 Å². The lowest BCUT2D eigenvalue weighted by Crippen LogP contribution is -2.17. The molecule has 0 aromatic heterocycles. The summed E-state index contributed by atoms with van der Waals surface area (Å²) in [4.78, 5) is 12.1. The molecule has 3 rings (SSSR count). The van der Waals surface area contributed by atoms with E-state index in [1.807, 2.05) is 0 Å². The van der Waals surface area contributed by atoms with Gasteiger partial charge in [-0.15, -0.1) is 0 Å². The molecular weight excluding hydrogens is 222 g/mol. The van der Waals surface area contributed by atoms with Crippen molar-refractivity contribution in [3.05, 3.63) is 34.9 Å². The number of aryl methyl sites for hydroxylation is 1. The summed E-state index contributed by atoms with van der Waals surface area (Å²) in [5, 5.41) is 0. The van der Waals surface area contributed by atoms with Gasteiger partial charge in [0.15, 0.2) is 5.78 Å². The molecule has 0 N–H and O–H groups in total. The first-order valence-corrected chi connectivity index (χ1v) is 6.06. The minimum Gasteiger partial charge on any atom is -0.294 e. The minimum atomic E-state index is -0.723. The van der Waals surface area contributed by atoms with Gasteiger partial charge >= 0.3 is 0 Å². The number of ketones is 1. The van der Waals surface area contributed by atoms with Gasteiger partial charge in [-0.1, -0.05) is 6.07 Å². The second kappa shape index (κ2) is 3.62. The van der Waals surface area contributed by atoms with Crippen LogP contribution in [-0.4, -0.2) is 5.78 Å². The van der Waals surface area contributed by atoms with E-state index in [1.54, 1.807) is 6.92 Å². The number of carbonyl (C=O) groups excluding carboxylic acids is 1. The highest BCUT2D eigenvalue weighted by molar-refractivity contribution is 5.98. The predicted octanol–water partition coefficient (Wildman–Crippen LogP) is 3.50. The summed E-state index contributed by atoms with van der Waals surface area (Å²) in [5.41, 5.74) is 0.00852. The molecule has 2 saturated carbocycles. The van der Waals surface area contributed by atoms with Crippen LogP contribution in [0.2, 0.25) is 0 Å². The fourth-order valence-corrected chi connectivity index (χ4v) is 3.02. The molecule has 2 fully saturated rings. The molecule has 1 aromatic rings. The van der Waals surface area contributed by atoms with Gasteiger partial charge in [-0.05, 0) is 49.7 Å². The topological polar surface area (TPSA) is 17.1 Å². The molecule has 2 unspecified atom stereocenters. The zero-order valence-corrected chi connectivity index (χ0v) is 9.67. The van der Waals surface area contributed by atoms with Crippen LogP contribution in [0.4, 0.5) is 8.78 Å². The normalized spacial score (nSPS) is 30.2. The fraction of sp³-hybridized carbons (Fsp3) is 0.500. The average Bonchev–Trinajstić information content (AvgIpc) is 2.91. The monoisotopic (exact) mass is 236 g/mol. The van der Waals surface area contributed by atoms with Crippen molar-refractivity contribution in [1.82, 2.24) is 0 Å². The first kappa shape index (κ1) is 10.9. The second-order valence-electron chi connectivity index (χ2n) is 5.34. The average molecular weight is 236 g/mol. The Morgan fingerprint density at radius 2 is 1.82 bits per heavy atom. The number of halogens is 2. The Morgan fingerprint density at radius 3 is 2.47 bits per heavy atom. The Balaban J connectivity index is 1.93. The standard InChI is InChI=1S/C14H14F2O/c1-7-2-3-11(15)12(13(7)16)14(17)10-5-8-4-9(8)6-10/h2-3,8-10H,4-6H2,1H3. The molecule has 0 aliphatic heterocycles. The number of carbonyl (C=O) groups is 1. The van der Waals surface area contributed by atoms with Crippen LogP contribution in [-0.2, 0) is 0 Å². The zero-order valence-electron chi connectivity index (χ0n) is 9.67. The molecule has 2 aliphatic rings. The van der Waals surface area contributed by atoms with E-state index in [0.29, 0.717) is 17.4 Å². The Labute approximate surface area is 98.8 Å². The molecule has 0 spiro atoms. The molecule has 0 bridgehead atoms. The third-order valence-electron chi connectivity index (χ3n) is 4.14. The maximum absolute atomic E-state index is 13.8. The van der Waals surface area contributed by atoms with Crippen LogP contribution in [0.15, 0.2) is 12.1 Å². The van der Waals surface area contributed by atoms with E-state index >= 15 is 0 Å². The summed E-state index contributed by atoms with van der Waals surface area (Å²) in [7, 11) is 0. The van der Waals surface area contributed by atoms with E-state index in [1.165, 1.54) is 18.6 Å². The number of rotatable bonds is 2. The molecule has 3 heteroatoms. The number of hydrogen-bond donors (Lipinski definition) is 0. The van der Waals surface area contributed by atoms with Gasteiger partial charge in [0.2, 0.25) is 0 Å². The molecule has 0 saturated heterocycles. The highest BCUT2D eigenvalue weighted by atomic mass is 19.1. The lowest BCUT2D eigenvalue weighted by atomic mass is 9.92. The van der Waals surface area contributed by atoms with E-state index in [4.69, 9.17) is 0 Å². The summed E-state index contributed by atoms with van der Waals surface area (Å²) in [6, 6.07) is 2.55. The van der Waals surface area contributed by atoms with Crippen molar-refractivity contribution in [2.75, 3.05) is 0 Å². The lowest BCUT2D eigenvalue weighted by molar-refractivity contribution is 0.0905. The molecule has 0 amide bonds. The number of fused-ring (bicyclic) bond motifs is 1. The van der Waals surface area contributed by atoms with Crippen molar-refractivity contribution < 1.29 is 13.6 Å². The highest BCUT2D eigenvalue weighted by Crippen LogP contribution is 2.55. The zero-order chi connectivity index (χ0) is 12.2. The summed E-state index contributed by atoms with van der Waals surface area (Å²) in [6.07, 6.45) is 2.83. The van der Waals surface area contributed by atoms with Crippen LogP contribution in [0, 0.1) is 36.3 Å². The lowest BCUT2D eigenvalue weighted by Gasteiger charge is -2.12. The number of hydrogen-bond acceptors (Lipinski definition) is 1. The van der Waals surface area contributed by atoms with Gasteiger partial charge in [0, 0.05) is 5.92 Å². The van der Waals surface area contributed by atoms with Crippen LogP contribution in [0.3, 0.4) is 0 Å². The summed E-state index contributed by atoms with van der Waals surface area (Å²) >= 11 is 0. The molecular formula is C14H14F2O. The van der Waals surface area contributed by atoms with E-state index in [9.17, 15) is 13.6 Å². The van der Waals surface area contributed by atoms with E-state index in [0.717, 1.165) is 12.8 Å². The van der Waals surface area contributed by atoms with Crippen molar-refractivity contribution in [1.29, 1.82) is 0 Å². The maximum atomic E-state index is 13.8. The molecule has 2 atom stereocenters. The largest absolute Gasteiger partial charge is 0.294 e. The first-order chi connectivity index (χ1) is 8.08. The second-order valence-corrected chi connectivity index (χ2v) is 5.34. The summed E-state index contributed by atoms with van der Waals surface area (Å²) in [6.45, 7) is 1.55. The smallest absolute Gasteiger partial charge is 0.171 e. The van der Waals surface area contributed by atoms with Gasteiger partial charge in [0.25, 0.3) is 0 Å². The molecule has 1 nitrogen and oxygen atoms in total. The minimum absolute atomic E-state index is 0.162. The predicted molar refractivity (Wildman–Crippen MR) is 59.7 cm³/mol. The fourth-order valence-electron chi connectivity index (χ4n) is 3.02. The number of Topliss-reactive ketones (excluding diaryl/α,β-unsaturated/α-hetero) is 1. The van der Waals surface area contributed by atoms with Crippen LogP contribution in [0.25, 0.3) is 0 Å². The van der Waals surface area contributed by atoms with Gasteiger partial charge < -0.3 is 0 Å². The maximum Gasteiger partial charge on any atom is 0.171 e. The third-order valence-corrected chi connectivity index (χ3v) is 4.14. The SMILES string of the molecule is Cc1ccc(F)c(C(=O)C2CC3CC3C2)c1F. The molecule has 0 radical (unpaired) electrons. The molecule has 0 heterocycles. The van der Waals surface area contributed by atoms with Crippen LogP contribution in [0.5, 0.6) is 0 Å². The van der Waals surface area contributed by atoms with Crippen molar-refractivity contribution in [2.24, 2.45) is 17.8 Å². The number of benzene rings is 1. The quantitative estimate of drug-likeness (QED) is 0.718. The van der Waals surface area contributed by atoms with Gasteiger partial charge in [-0.25, -0.2) is 8.78 Å². The van der Waals surface area contributed by atoms with Crippen molar-refractivity contribution in [3.8, 4) is 0 Å². The Morgan fingerprint density at radius 1 is 1.18 bits per heavy atom. The highest BCUT2D eigenvalue weighted by Gasteiger charge is 2.48. The van der Waals surface area contributed by atoms with Gasteiger partial charge in [-0.3, -0.25) is 4.79 Å². The van der Waals surface area contributed by atoms with E-state index < -0.39 is 11.6 Å². The van der Waals surface area contributed by atoms with Crippen LogP contribution < -0.4 is 0 Å². The van der Waals surface area contributed by atoms with Crippen LogP contribution >= 0.6 is 0 Å². The van der Waals surface area contributed by atoms with E-state index in [2.05, 4.69) is 0 Å². The van der Waals surface area contributed by atoms with Crippen molar-refractivity contribution >= 4 is 5.78 Å². The summed E-state index contributed by atoms with van der Waals surface area (Å²) in [5.74, 6) is -0.630. The third kappa shape index (κ3) is 1.68. The molecule has 90 valence electrons. The molecule has 2 aliphatic carbocycles. The van der Waals surface area contributed by atoms with Gasteiger partial charge in [0.05, 0.1) is 5.56 Å². The molecule has 17 heavy (non-hydrogen) atoms. The van der Waals surface area contributed by atoms with Crippen molar-refractivity contribution in [2.45, 2.75) is 26.2 Å². The Hall–Kier alpha value is -1.25. The van der Waals surface area contributed by atoms with E-state index in [-0.39, 0.29) is 17.3 Å².